The van der Waals surface area contributed by atoms with Crippen LogP contribution in [0.15, 0.2) is 18.2 Å². The maximum absolute atomic E-state index is 10.3. The Morgan fingerprint density at radius 2 is 2.00 bits per heavy atom. The van der Waals surface area contributed by atoms with Crippen molar-refractivity contribution in [2.24, 2.45) is 0 Å². The number of aryl methyl sites for hydroxylation is 1. The summed E-state index contributed by atoms with van der Waals surface area (Å²) in [5.41, 5.74) is 1.93. The van der Waals surface area contributed by atoms with E-state index in [1.807, 2.05) is 32.0 Å². The Labute approximate surface area is 122 Å². The van der Waals surface area contributed by atoms with Crippen molar-refractivity contribution in [3.05, 3.63) is 34.3 Å². The van der Waals surface area contributed by atoms with Crippen molar-refractivity contribution >= 4 is 11.6 Å². The quantitative estimate of drug-likeness (QED) is 0.700. The van der Waals surface area contributed by atoms with Crippen molar-refractivity contribution in [3.8, 4) is 0 Å². The third kappa shape index (κ3) is 5.52. The molecule has 2 unspecified atom stereocenters. The second kappa shape index (κ2) is 8.57. The SMILES string of the molecule is CCCCCCNC(C)C(O)c1ccc(Cl)c(C)c1. The summed E-state index contributed by atoms with van der Waals surface area (Å²) in [4.78, 5) is 0. The van der Waals surface area contributed by atoms with E-state index in [2.05, 4.69) is 12.2 Å². The highest BCUT2D eigenvalue weighted by molar-refractivity contribution is 6.31. The second-order valence-electron chi connectivity index (χ2n) is 5.26. The van der Waals surface area contributed by atoms with Gasteiger partial charge in [-0.1, -0.05) is 49.9 Å². The van der Waals surface area contributed by atoms with Crippen LogP contribution in [0, 0.1) is 6.92 Å². The van der Waals surface area contributed by atoms with Crippen molar-refractivity contribution in [2.45, 2.75) is 58.6 Å². The molecule has 2 atom stereocenters. The Morgan fingerprint density at radius 1 is 1.26 bits per heavy atom. The monoisotopic (exact) mass is 283 g/mol. The van der Waals surface area contributed by atoms with E-state index in [1.54, 1.807) is 0 Å². The lowest BCUT2D eigenvalue weighted by Gasteiger charge is -2.21. The van der Waals surface area contributed by atoms with Crippen LogP contribution in [0.2, 0.25) is 5.02 Å². The summed E-state index contributed by atoms with van der Waals surface area (Å²) in [7, 11) is 0. The van der Waals surface area contributed by atoms with Crippen LogP contribution in [0.3, 0.4) is 0 Å². The molecule has 0 aliphatic heterocycles. The van der Waals surface area contributed by atoms with E-state index in [4.69, 9.17) is 11.6 Å². The van der Waals surface area contributed by atoms with Crippen molar-refractivity contribution in [2.75, 3.05) is 6.54 Å². The fourth-order valence-corrected chi connectivity index (χ4v) is 2.25. The Bertz CT molecular complexity index is 381. The normalized spacial score (nSPS) is 14.4. The molecule has 19 heavy (non-hydrogen) atoms. The van der Waals surface area contributed by atoms with E-state index in [1.165, 1.54) is 25.7 Å². The van der Waals surface area contributed by atoms with E-state index in [-0.39, 0.29) is 6.04 Å². The van der Waals surface area contributed by atoms with Gasteiger partial charge in [-0.15, -0.1) is 0 Å². The number of hydrogen-bond donors (Lipinski definition) is 2. The lowest BCUT2D eigenvalue weighted by atomic mass is 10.0. The van der Waals surface area contributed by atoms with Gasteiger partial charge in [0.05, 0.1) is 6.10 Å². The van der Waals surface area contributed by atoms with Crippen molar-refractivity contribution in [1.29, 1.82) is 0 Å². The molecule has 108 valence electrons. The van der Waals surface area contributed by atoms with Gasteiger partial charge in [0, 0.05) is 11.1 Å². The minimum atomic E-state index is -0.484. The number of hydrogen-bond acceptors (Lipinski definition) is 2. The van der Waals surface area contributed by atoms with E-state index in [9.17, 15) is 5.11 Å². The first kappa shape index (κ1) is 16.5. The molecule has 0 aliphatic rings. The fraction of sp³-hybridized carbons (Fsp3) is 0.625. The smallest absolute Gasteiger partial charge is 0.0940 e. The number of nitrogens with one attached hydrogen (secondary N) is 1. The highest BCUT2D eigenvalue weighted by Crippen LogP contribution is 2.22. The molecule has 0 aromatic heterocycles. The molecule has 0 bridgehead atoms. The number of halogens is 1. The molecule has 2 N–H and O–H groups in total. The van der Waals surface area contributed by atoms with Crippen LogP contribution >= 0.6 is 11.6 Å². The molecule has 3 heteroatoms. The average Bonchev–Trinajstić information content (AvgIpc) is 2.40. The number of unbranched alkanes of at least 4 members (excludes halogenated alkanes) is 3. The van der Waals surface area contributed by atoms with Crippen molar-refractivity contribution in [1.82, 2.24) is 5.32 Å². The zero-order valence-corrected chi connectivity index (χ0v) is 13.0. The van der Waals surface area contributed by atoms with Gasteiger partial charge in [0.25, 0.3) is 0 Å². The molecule has 0 amide bonds. The van der Waals surface area contributed by atoms with Crippen LogP contribution in [0.25, 0.3) is 0 Å². The predicted octanol–water partition coefficient (Wildman–Crippen LogP) is 4.24. The molecule has 0 saturated heterocycles. The molecule has 2 nitrogen and oxygen atoms in total. The Hall–Kier alpha value is -0.570. The van der Waals surface area contributed by atoms with Gasteiger partial charge < -0.3 is 10.4 Å². The van der Waals surface area contributed by atoms with Crippen LogP contribution in [0.1, 0.15) is 56.8 Å². The summed E-state index contributed by atoms with van der Waals surface area (Å²) in [5.74, 6) is 0. The standard InChI is InChI=1S/C16H26ClNO/c1-4-5-6-7-10-18-13(3)16(19)14-8-9-15(17)12(2)11-14/h8-9,11,13,16,18-19H,4-7,10H2,1-3H3. The molecule has 1 rings (SSSR count). The van der Waals surface area contributed by atoms with E-state index < -0.39 is 6.10 Å². The summed E-state index contributed by atoms with van der Waals surface area (Å²) in [6.07, 6.45) is 4.48. The maximum Gasteiger partial charge on any atom is 0.0940 e. The first-order valence-electron chi connectivity index (χ1n) is 7.23. The minimum absolute atomic E-state index is 0.0576. The highest BCUT2D eigenvalue weighted by Gasteiger charge is 2.16. The molecule has 0 saturated carbocycles. The molecule has 0 aliphatic carbocycles. The zero-order valence-electron chi connectivity index (χ0n) is 12.2. The van der Waals surface area contributed by atoms with Crippen LogP contribution in [-0.2, 0) is 0 Å². The Morgan fingerprint density at radius 3 is 2.63 bits per heavy atom. The van der Waals surface area contributed by atoms with Crippen LogP contribution in [0.5, 0.6) is 0 Å². The van der Waals surface area contributed by atoms with Gasteiger partial charge in [0.1, 0.15) is 0 Å². The van der Waals surface area contributed by atoms with Gasteiger partial charge in [-0.2, -0.15) is 0 Å². The molecule has 0 radical (unpaired) electrons. The van der Waals surface area contributed by atoms with Crippen LogP contribution < -0.4 is 5.32 Å². The third-order valence-electron chi connectivity index (χ3n) is 3.49. The summed E-state index contributed by atoms with van der Waals surface area (Å²) in [6, 6.07) is 5.77. The first-order chi connectivity index (χ1) is 9.06. The molecular formula is C16H26ClNO. The van der Waals surface area contributed by atoms with Gasteiger partial charge in [0.2, 0.25) is 0 Å². The summed E-state index contributed by atoms with van der Waals surface area (Å²) in [6.45, 7) is 7.16. The Kier molecular flexibility index (Phi) is 7.44. The van der Waals surface area contributed by atoms with E-state index in [0.29, 0.717) is 0 Å². The average molecular weight is 284 g/mol. The minimum Gasteiger partial charge on any atom is -0.387 e. The van der Waals surface area contributed by atoms with Gasteiger partial charge in [-0.3, -0.25) is 0 Å². The topological polar surface area (TPSA) is 32.3 Å². The van der Waals surface area contributed by atoms with E-state index >= 15 is 0 Å². The van der Waals surface area contributed by atoms with Gasteiger partial charge >= 0.3 is 0 Å². The van der Waals surface area contributed by atoms with Crippen molar-refractivity contribution in [3.63, 3.8) is 0 Å². The number of aliphatic hydroxyl groups excluding tert-OH is 1. The Balaban J connectivity index is 2.42. The van der Waals surface area contributed by atoms with Crippen LogP contribution in [-0.4, -0.2) is 17.7 Å². The summed E-state index contributed by atoms with van der Waals surface area (Å²) in [5, 5.41) is 14.4. The van der Waals surface area contributed by atoms with E-state index in [0.717, 1.165) is 22.7 Å². The number of benzene rings is 1. The highest BCUT2D eigenvalue weighted by atomic mass is 35.5. The number of rotatable bonds is 8. The predicted molar refractivity (Wildman–Crippen MR) is 82.8 cm³/mol. The molecule has 0 spiro atoms. The van der Waals surface area contributed by atoms with Gasteiger partial charge in [-0.05, 0) is 44.0 Å². The van der Waals surface area contributed by atoms with Gasteiger partial charge in [0.15, 0.2) is 0 Å². The maximum atomic E-state index is 10.3. The first-order valence-corrected chi connectivity index (χ1v) is 7.61. The summed E-state index contributed by atoms with van der Waals surface area (Å²) >= 11 is 6.00. The zero-order chi connectivity index (χ0) is 14.3. The molecule has 0 fully saturated rings. The van der Waals surface area contributed by atoms with Crippen LogP contribution in [0.4, 0.5) is 0 Å². The lowest BCUT2D eigenvalue weighted by Crippen LogP contribution is -2.32. The molecule has 0 heterocycles. The lowest BCUT2D eigenvalue weighted by molar-refractivity contribution is 0.136. The number of aliphatic hydroxyl groups is 1. The molecule has 1 aromatic rings. The third-order valence-corrected chi connectivity index (χ3v) is 3.92. The largest absolute Gasteiger partial charge is 0.387 e. The molecule has 1 aromatic carbocycles. The van der Waals surface area contributed by atoms with Crippen molar-refractivity contribution < 1.29 is 5.11 Å². The fourth-order valence-electron chi connectivity index (χ4n) is 2.13. The second-order valence-corrected chi connectivity index (χ2v) is 5.66. The van der Waals surface area contributed by atoms with Gasteiger partial charge in [-0.25, -0.2) is 0 Å². The molecular weight excluding hydrogens is 258 g/mol. The summed E-state index contributed by atoms with van der Waals surface area (Å²) < 4.78 is 0.